The van der Waals surface area contributed by atoms with Crippen LogP contribution >= 0.6 is 11.8 Å². The molecule has 1 aliphatic rings. The molecule has 1 aliphatic carbocycles. The number of benzene rings is 1. The maximum atomic E-state index is 12.6. The molecule has 0 saturated heterocycles. The maximum Gasteiger partial charge on any atom is 0.234 e. The zero-order chi connectivity index (χ0) is 20.5. The number of carbonyl (C=O) groups excluding carboxylic acids is 1. The zero-order valence-electron chi connectivity index (χ0n) is 17.3. The third kappa shape index (κ3) is 4.07. The van der Waals surface area contributed by atoms with Gasteiger partial charge in [-0.1, -0.05) is 29.5 Å². The first kappa shape index (κ1) is 19.7. The molecule has 0 atom stereocenters. The first-order valence-corrected chi connectivity index (χ1v) is 11.0. The minimum atomic E-state index is -0.0664. The summed E-state index contributed by atoms with van der Waals surface area (Å²) in [5.41, 5.74) is 4.67. The fourth-order valence-electron chi connectivity index (χ4n) is 3.41. The van der Waals surface area contributed by atoms with E-state index in [1.165, 1.54) is 30.2 Å². The standard InChI is InChI=1S/C21H26N6OS/c1-5-26-20(16-8-9-16)23-24-21(26)29-12-18(28)22-19-14(3)25-27(15(19)4)17-10-6-13(2)7-11-17/h6-7,10-11,16H,5,8-9,12H2,1-4H3,(H,22,28). The topological polar surface area (TPSA) is 77.6 Å². The number of thioether (sulfide) groups is 1. The van der Waals surface area contributed by atoms with Crippen LogP contribution in [0.2, 0.25) is 0 Å². The lowest BCUT2D eigenvalue weighted by molar-refractivity contribution is -0.113. The second-order valence-corrected chi connectivity index (χ2v) is 8.43. The van der Waals surface area contributed by atoms with Crippen LogP contribution in [-0.4, -0.2) is 36.2 Å². The Morgan fingerprint density at radius 2 is 1.90 bits per heavy atom. The molecule has 152 valence electrons. The molecule has 1 aromatic carbocycles. The Morgan fingerprint density at radius 3 is 2.55 bits per heavy atom. The Bertz CT molecular complexity index is 1030. The van der Waals surface area contributed by atoms with Gasteiger partial charge in [0.15, 0.2) is 5.16 Å². The van der Waals surface area contributed by atoms with Crippen LogP contribution in [0.15, 0.2) is 29.4 Å². The summed E-state index contributed by atoms with van der Waals surface area (Å²) in [5, 5.41) is 17.1. The molecule has 8 heteroatoms. The van der Waals surface area contributed by atoms with Crippen LogP contribution in [-0.2, 0) is 11.3 Å². The molecule has 2 aromatic heterocycles. The van der Waals surface area contributed by atoms with Crippen molar-refractivity contribution < 1.29 is 4.79 Å². The van der Waals surface area contributed by atoms with E-state index in [-0.39, 0.29) is 11.7 Å². The number of rotatable bonds is 7. The van der Waals surface area contributed by atoms with Crippen LogP contribution in [0.5, 0.6) is 0 Å². The highest BCUT2D eigenvalue weighted by Gasteiger charge is 2.30. The summed E-state index contributed by atoms with van der Waals surface area (Å²) in [6, 6.07) is 8.18. The van der Waals surface area contributed by atoms with Crippen molar-refractivity contribution in [2.75, 3.05) is 11.1 Å². The molecule has 1 amide bonds. The summed E-state index contributed by atoms with van der Waals surface area (Å²) in [6.07, 6.45) is 2.37. The van der Waals surface area contributed by atoms with Gasteiger partial charge < -0.3 is 9.88 Å². The Hall–Kier alpha value is -2.61. The number of anilines is 1. The lowest BCUT2D eigenvalue weighted by atomic mass is 10.2. The van der Waals surface area contributed by atoms with Crippen molar-refractivity contribution in [3.8, 4) is 5.69 Å². The van der Waals surface area contributed by atoms with Gasteiger partial charge in [0.1, 0.15) is 5.82 Å². The van der Waals surface area contributed by atoms with E-state index in [4.69, 9.17) is 0 Å². The SMILES string of the molecule is CCn1c(SCC(=O)Nc2c(C)nn(-c3ccc(C)cc3)c2C)nnc1C1CC1. The van der Waals surface area contributed by atoms with Crippen molar-refractivity contribution in [2.45, 2.75) is 58.2 Å². The fraction of sp³-hybridized carbons (Fsp3) is 0.429. The zero-order valence-corrected chi connectivity index (χ0v) is 18.1. The Balaban J connectivity index is 1.44. The Labute approximate surface area is 174 Å². The van der Waals surface area contributed by atoms with E-state index in [9.17, 15) is 4.79 Å². The average Bonchev–Trinajstić information content (AvgIpc) is 3.42. The lowest BCUT2D eigenvalue weighted by Gasteiger charge is -2.08. The number of hydrogen-bond donors (Lipinski definition) is 1. The molecule has 2 heterocycles. The molecular formula is C21H26N6OS. The van der Waals surface area contributed by atoms with E-state index in [0.29, 0.717) is 5.92 Å². The molecule has 0 radical (unpaired) electrons. The van der Waals surface area contributed by atoms with E-state index < -0.39 is 0 Å². The van der Waals surface area contributed by atoms with Crippen LogP contribution in [0, 0.1) is 20.8 Å². The van der Waals surface area contributed by atoms with E-state index in [1.54, 1.807) is 0 Å². The molecule has 0 spiro atoms. The summed E-state index contributed by atoms with van der Waals surface area (Å²) in [6.45, 7) is 8.85. The number of hydrogen-bond acceptors (Lipinski definition) is 5. The van der Waals surface area contributed by atoms with E-state index in [2.05, 4.69) is 51.2 Å². The molecule has 0 unspecified atom stereocenters. The predicted octanol–water partition coefficient (Wildman–Crippen LogP) is 4.02. The molecule has 29 heavy (non-hydrogen) atoms. The molecule has 1 N–H and O–H groups in total. The Kier molecular flexibility index (Phi) is 5.45. The summed E-state index contributed by atoms with van der Waals surface area (Å²) >= 11 is 1.43. The first-order valence-electron chi connectivity index (χ1n) is 9.97. The fourth-order valence-corrected chi connectivity index (χ4v) is 4.22. The Morgan fingerprint density at radius 1 is 1.17 bits per heavy atom. The third-order valence-electron chi connectivity index (χ3n) is 5.17. The lowest BCUT2D eigenvalue weighted by Crippen LogP contribution is -2.16. The minimum Gasteiger partial charge on any atom is -0.322 e. The van der Waals surface area contributed by atoms with E-state index >= 15 is 0 Å². The smallest absolute Gasteiger partial charge is 0.234 e. The van der Waals surface area contributed by atoms with E-state index in [0.717, 1.165) is 40.3 Å². The number of aryl methyl sites for hydroxylation is 2. The molecule has 4 rings (SSSR count). The predicted molar refractivity (Wildman–Crippen MR) is 115 cm³/mol. The van der Waals surface area contributed by atoms with Crippen LogP contribution in [0.3, 0.4) is 0 Å². The normalized spacial score (nSPS) is 13.7. The molecule has 7 nitrogen and oxygen atoms in total. The van der Waals surface area contributed by atoms with Crippen LogP contribution in [0.1, 0.15) is 48.5 Å². The van der Waals surface area contributed by atoms with Crippen LogP contribution in [0.25, 0.3) is 5.69 Å². The third-order valence-corrected chi connectivity index (χ3v) is 6.14. The number of aromatic nitrogens is 5. The van der Waals surface area contributed by atoms with Gasteiger partial charge in [-0.3, -0.25) is 4.79 Å². The summed E-state index contributed by atoms with van der Waals surface area (Å²) < 4.78 is 3.99. The molecule has 1 fully saturated rings. The van der Waals surface area contributed by atoms with Gasteiger partial charge in [0.2, 0.25) is 5.91 Å². The van der Waals surface area contributed by atoms with Gasteiger partial charge in [0.05, 0.1) is 28.5 Å². The molecular weight excluding hydrogens is 384 g/mol. The monoisotopic (exact) mass is 410 g/mol. The maximum absolute atomic E-state index is 12.6. The number of carbonyl (C=O) groups is 1. The number of nitrogens with zero attached hydrogens (tertiary/aromatic N) is 5. The van der Waals surface area contributed by atoms with Crippen LogP contribution < -0.4 is 5.32 Å². The molecule has 3 aromatic rings. The van der Waals surface area contributed by atoms with Crippen LogP contribution in [0.4, 0.5) is 5.69 Å². The van der Waals surface area contributed by atoms with Gasteiger partial charge in [-0.15, -0.1) is 10.2 Å². The van der Waals surface area contributed by atoms with Crippen molar-refractivity contribution >= 4 is 23.4 Å². The average molecular weight is 411 g/mol. The van der Waals surface area contributed by atoms with Crippen molar-refractivity contribution in [3.05, 3.63) is 47.0 Å². The second kappa shape index (κ2) is 8.02. The highest BCUT2D eigenvalue weighted by Crippen LogP contribution is 2.40. The summed E-state index contributed by atoms with van der Waals surface area (Å²) in [4.78, 5) is 12.6. The largest absolute Gasteiger partial charge is 0.322 e. The second-order valence-electron chi connectivity index (χ2n) is 7.49. The molecule has 0 aliphatic heterocycles. The number of nitrogens with one attached hydrogen (secondary N) is 1. The molecule has 1 saturated carbocycles. The van der Waals surface area contributed by atoms with Gasteiger partial charge in [-0.25, -0.2) is 4.68 Å². The summed E-state index contributed by atoms with van der Waals surface area (Å²) in [7, 11) is 0. The number of amides is 1. The van der Waals surface area contributed by atoms with Gasteiger partial charge >= 0.3 is 0 Å². The summed E-state index contributed by atoms with van der Waals surface area (Å²) in [5.74, 6) is 1.82. The van der Waals surface area contributed by atoms with Crippen molar-refractivity contribution in [3.63, 3.8) is 0 Å². The molecule has 0 bridgehead atoms. The van der Waals surface area contributed by atoms with Crippen molar-refractivity contribution in [1.82, 2.24) is 24.5 Å². The van der Waals surface area contributed by atoms with Gasteiger partial charge in [0, 0.05) is 12.5 Å². The minimum absolute atomic E-state index is 0.0664. The van der Waals surface area contributed by atoms with Crippen molar-refractivity contribution in [1.29, 1.82) is 0 Å². The van der Waals surface area contributed by atoms with E-state index in [1.807, 2.05) is 30.7 Å². The highest BCUT2D eigenvalue weighted by molar-refractivity contribution is 7.99. The van der Waals surface area contributed by atoms with Gasteiger partial charge in [-0.2, -0.15) is 5.10 Å². The quantitative estimate of drug-likeness (QED) is 0.595. The van der Waals surface area contributed by atoms with Crippen molar-refractivity contribution in [2.24, 2.45) is 0 Å². The van der Waals surface area contributed by atoms with Gasteiger partial charge in [-0.05, 0) is 52.7 Å². The highest BCUT2D eigenvalue weighted by atomic mass is 32.2. The first-order chi connectivity index (χ1) is 14.0. The van der Waals surface area contributed by atoms with Gasteiger partial charge in [0.25, 0.3) is 0 Å².